The Morgan fingerprint density at radius 1 is 0.658 bits per heavy atom. The molecule has 7 atom stereocenters. The van der Waals surface area contributed by atoms with E-state index < -0.39 is 24.1 Å². The number of imide groups is 1. The largest absolute Gasteiger partial charge is 0.369 e. The van der Waals surface area contributed by atoms with E-state index in [1.54, 1.807) is 0 Å². The SMILES string of the molecule is O=C1CN2CCN(CCN3CCN(CC2)CC(=O)OOC(NCCN2C(=O)C4[SH+][C@@H]4C2=O)C3)CC(=O)OO1. The van der Waals surface area contributed by atoms with Crippen LogP contribution in [0.25, 0.3) is 0 Å². The quantitative estimate of drug-likeness (QED) is 0.116. The second-order valence-electron chi connectivity index (χ2n) is 9.90. The van der Waals surface area contributed by atoms with Crippen molar-refractivity contribution in [2.24, 2.45) is 0 Å². The summed E-state index contributed by atoms with van der Waals surface area (Å²) >= 11 is 0.902. The van der Waals surface area contributed by atoms with E-state index in [1.807, 2.05) is 14.7 Å². The number of likely N-dealkylation sites (tertiary alicyclic amines) is 1. The fraction of sp³-hybridized carbons (Fsp3) is 0.773. The lowest BCUT2D eigenvalue weighted by molar-refractivity contribution is -0.307. The summed E-state index contributed by atoms with van der Waals surface area (Å²) < 4.78 is 0. The first-order valence-electron chi connectivity index (χ1n) is 12.8. The van der Waals surface area contributed by atoms with E-state index in [0.29, 0.717) is 65.4 Å². The Morgan fingerprint density at radius 3 is 1.61 bits per heavy atom. The van der Waals surface area contributed by atoms with Crippen LogP contribution in [0.4, 0.5) is 0 Å². The second-order valence-corrected chi connectivity index (χ2v) is 11.3. The van der Waals surface area contributed by atoms with E-state index in [4.69, 9.17) is 9.78 Å². The van der Waals surface area contributed by atoms with Gasteiger partial charge in [-0.2, -0.15) is 4.89 Å². The minimum atomic E-state index is -0.683. The number of nitrogens with zero attached hydrogens (tertiary/aromatic N) is 5. The molecule has 6 unspecified atom stereocenters. The fourth-order valence-electron chi connectivity index (χ4n) is 4.94. The van der Waals surface area contributed by atoms with Gasteiger partial charge in [0.05, 0.1) is 0 Å². The average Bonchev–Trinajstić information content (AvgIpc) is 3.65. The Kier molecular flexibility index (Phi) is 8.77. The molecule has 5 aliphatic rings. The van der Waals surface area contributed by atoms with Gasteiger partial charge in [-0.3, -0.25) is 44.3 Å². The van der Waals surface area contributed by atoms with Crippen molar-refractivity contribution >= 4 is 41.5 Å². The maximum atomic E-state index is 12.5. The minimum absolute atomic E-state index is 0.0152. The molecule has 1 N–H and O–H groups in total. The van der Waals surface area contributed by atoms with Gasteiger partial charge in [-0.05, 0) is 0 Å². The molecule has 0 aliphatic carbocycles. The van der Waals surface area contributed by atoms with Crippen LogP contribution in [0.2, 0.25) is 0 Å². The predicted octanol–water partition coefficient (Wildman–Crippen LogP) is -4.44. The highest BCUT2D eigenvalue weighted by Crippen LogP contribution is 2.33. The van der Waals surface area contributed by atoms with Gasteiger partial charge in [0.25, 0.3) is 22.3 Å². The average molecular weight is 558 g/mol. The van der Waals surface area contributed by atoms with Crippen molar-refractivity contribution in [3.8, 4) is 0 Å². The summed E-state index contributed by atoms with van der Waals surface area (Å²) in [6.07, 6.45) is -0.683. The van der Waals surface area contributed by atoms with Gasteiger partial charge < -0.3 is 0 Å². The highest BCUT2D eigenvalue weighted by Gasteiger charge is 2.70. The molecule has 4 bridgehead atoms. The zero-order valence-corrected chi connectivity index (χ0v) is 21.9. The molecular weight excluding hydrogens is 524 g/mol. The Balaban J connectivity index is 1.23. The van der Waals surface area contributed by atoms with Crippen LogP contribution in [0, 0.1) is 0 Å². The summed E-state index contributed by atoms with van der Waals surface area (Å²) in [4.78, 5) is 90.2. The molecule has 5 saturated heterocycles. The van der Waals surface area contributed by atoms with Gasteiger partial charge in [-0.15, -0.1) is 0 Å². The van der Waals surface area contributed by atoms with Crippen molar-refractivity contribution in [2.45, 2.75) is 16.7 Å². The van der Waals surface area contributed by atoms with E-state index in [2.05, 4.69) is 20.0 Å². The summed E-state index contributed by atoms with van der Waals surface area (Å²) in [5.74, 6) is -2.08. The Hall–Kier alpha value is -2.34. The van der Waals surface area contributed by atoms with Crippen molar-refractivity contribution < 1.29 is 43.5 Å². The molecule has 0 spiro atoms. The van der Waals surface area contributed by atoms with Gasteiger partial charge in [-0.1, -0.05) is 0 Å². The summed E-state index contributed by atoms with van der Waals surface area (Å²) in [6, 6.07) is 0. The molecule has 210 valence electrons. The molecule has 0 saturated carbocycles. The number of rotatable bonds is 4. The molecular formula is C22H33N6O9S+. The lowest BCUT2D eigenvalue weighted by atomic mass is 10.3. The standard InChI is InChI=1S/C22H32N6O9S/c29-16-12-25-5-3-24(4-6-26-8-10-27(9-7-25)14-18(31)37-36-17(30)13-26)11-15(34-35-16)23-1-2-28-21(32)19-20(38-19)22(28)33/h15,19-20,23H,1-14H2/p+1/t15?,19-,20?/m0/s1. The molecule has 5 heterocycles. The third-order valence-corrected chi connectivity index (χ3v) is 8.51. The van der Waals surface area contributed by atoms with Crippen LogP contribution in [0.5, 0.6) is 0 Å². The van der Waals surface area contributed by atoms with Crippen LogP contribution in [-0.4, -0.2) is 163 Å². The van der Waals surface area contributed by atoms with Gasteiger partial charge in [0.1, 0.15) is 19.6 Å². The van der Waals surface area contributed by atoms with E-state index in [-0.39, 0.29) is 48.5 Å². The monoisotopic (exact) mass is 557 g/mol. The van der Waals surface area contributed by atoms with E-state index in [1.165, 1.54) is 4.90 Å². The third kappa shape index (κ3) is 6.99. The van der Waals surface area contributed by atoms with Crippen molar-refractivity contribution in [1.29, 1.82) is 0 Å². The normalized spacial score (nSPS) is 36.9. The molecule has 0 aromatic rings. The fourth-order valence-corrected chi connectivity index (χ4v) is 5.97. The lowest BCUT2D eigenvalue weighted by Gasteiger charge is -2.35. The number of carbonyl (C=O) groups is 5. The Bertz CT molecular complexity index is 936. The third-order valence-electron chi connectivity index (χ3n) is 7.17. The maximum Gasteiger partial charge on any atom is 0.369 e. The lowest BCUT2D eigenvalue weighted by Crippen LogP contribution is -2.53. The van der Waals surface area contributed by atoms with Gasteiger partial charge in [-0.25, -0.2) is 24.2 Å². The summed E-state index contributed by atoms with van der Waals surface area (Å²) in [6.45, 7) is 5.30. The molecule has 5 fully saturated rings. The molecule has 5 rings (SSSR count). The van der Waals surface area contributed by atoms with E-state index >= 15 is 0 Å². The highest BCUT2D eigenvalue weighted by molar-refractivity contribution is 7.90. The zero-order chi connectivity index (χ0) is 26.6. The number of thiol groups is 1. The molecule has 15 nitrogen and oxygen atoms in total. The number of hydrogen-bond acceptors (Lipinski definition) is 14. The number of fused-ring (bicyclic) bond motifs is 7. The van der Waals surface area contributed by atoms with Crippen molar-refractivity contribution in [1.82, 2.24) is 29.8 Å². The molecule has 0 radical (unpaired) electrons. The van der Waals surface area contributed by atoms with Crippen LogP contribution >= 0.6 is 0 Å². The van der Waals surface area contributed by atoms with Crippen molar-refractivity contribution in [3.63, 3.8) is 0 Å². The topological polar surface area (TPSA) is 150 Å². The molecule has 0 aromatic carbocycles. The number of carbonyl (C=O) groups excluding carboxylic acids is 5. The first-order valence-corrected chi connectivity index (χ1v) is 13.8. The Morgan fingerprint density at radius 2 is 1.11 bits per heavy atom. The first-order chi connectivity index (χ1) is 18.4. The zero-order valence-electron chi connectivity index (χ0n) is 21.0. The summed E-state index contributed by atoms with van der Waals surface area (Å²) in [5.41, 5.74) is 0. The van der Waals surface area contributed by atoms with Gasteiger partial charge in [0.15, 0.2) is 6.23 Å². The molecule has 38 heavy (non-hydrogen) atoms. The van der Waals surface area contributed by atoms with Gasteiger partial charge in [0.2, 0.25) is 0 Å². The van der Waals surface area contributed by atoms with Gasteiger partial charge >= 0.3 is 17.9 Å². The number of amides is 2. The molecule has 5 aliphatic heterocycles. The second kappa shape index (κ2) is 12.2. The number of hydrogen-bond donors (Lipinski definition) is 1. The van der Waals surface area contributed by atoms with Crippen LogP contribution in [0.15, 0.2) is 0 Å². The summed E-state index contributed by atoms with van der Waals surface area (Å²) in [5, 5.41) is 2.81. The molecule has 2 amide bonds. The van der Waals surface area contributed by atoms with E-state index in [9.17, 15) is 24.0 Å². The minimum Gasteiger partial charge on any atom is -0.297 e. The predicted molar refractivity (Wildman–Crippen MR) is 130 cm³/mol. The van der Waals surface area contributed by atoms with Crippen molar-refractivity contribution in [2.75, 3.05) is 91.6 Å². The van der Waals surface area contributed by atoms with Crippen LogP contribution in [-0.2, 0) is 55.3 Å². The first kappa shape index (κ1) is 27.2. The maximum absolute atomic E-state index is 12.5. The summed E-state index contributed by atoms with van der Waals surface area (Å²) in [7, 11) is 0. The van der Waals surface area contributed by atoms with Crippen LogP contribution < -0.4 is 5.32 Å². The number of nitrogens with one attached hydrogen (secondary N) is 1. The smallest absolute Gasteiger partial charge is 0.297 e. The molecule has 0 aromatic heterocycles. The Labute approximate surface area is 223 Å². The van der Waals surface area contributed by atoms with Gasteiger partial charge in [0, 0.05) is 83.8 Å². The van der Waals surface area contributed by atoms with Crippen LogP contribution in [0.1, 0.15) is 0 Å². The van der Waals surface area contributed by atoms with Crippen molar-refractivity contribution in [3.05, 3.63) is 0 Å². The van der Waals surface area contributed by atoms with E-state index in [0.717, 1.165) is 11.8 Å². The molecule has 16 heteroatoms. The highest BCUT2D eigenvalue weighted by atomic mass is 32.2. The van der Waals surface area contributed by atoms with Crippen LogP contribution in [0.3, 0.4) is 0 Å².